The molecule has 1 saturated heterocycles. The first-order valence-electron chi connectivity index (χ1n) is 9.70. The first-order chi connectivity index (χ1) is 13.1. The Labute approximate surface area is 166 Å². The Hall–Kier alpha value is -2.57. The molecule has 1 heterocycles. The fourth-order valence-corrected chi connectivity index (χ4v) is 3.30. The first kappa shape index (κ1) is 20.2. The van der Waals surface area contributed by atoms with Gasteiger partial charge in [-0.05, 0) is 63.8 Å². The number of amides is 3. The van der Waals surface area contributed by atoms with Crippen molar-refractivity contribution in [3.63, 3.8) is 0 Å². The summed E-state index contributed by atoms with van der Waals surface area (Å²) in [5.74, 6) is -0.424. The summed E-state index contributed by atoms with van der Waals surface area (Å²) in [6, 6.07) is 6.08. The van der Waals surface area contributed by atoms with Gasteiger partial charge in [-0.15, -0.1) is 0 Å². The zero-order valence-electron chi connectivity index (χ0n) is 17.3. The molecule has 1 aliphatic carbocycles. The van der Waals surface area contributed by atoms with Crippen molar-refractivity contribution in [3.8, 4) is 0 Å². The van der Waals surface area contributed by atoms with Crippen molar-refractivity contribution in [2.45, 2.75) is 51.7 Å². The molecule has 1 atom stereocenters. The summed E-state index contributed by atoms with van der Waals surface area (Å²) in [6.45, 7) is 5.86. The van der Waals surface area contributed by atoms with Crippen LogP contribution < -0.4 is 9.80 Å². The molecule has 28 heavy (non-hydrogen) atoms. The molecular formula is C21H29N3O4. The van der Waals surface area contributed by atoms with Gasteiger partial charge in [0.1, 0.15) is 11.6 Å². The summed E-state index contributed by atoms with van der Waals surface area (Å²) >= 11 is 0. The summed E-state index contributed by atoms with van der Waals surface area (Å²) < 4.78 is 5.38. The summed E-state index contributed by atoms with van der Waals surface area (Å²) in [6.07, 6.45) is 1.98. The van der Waals surface area contributed by atoms with E-state index in [1.54, 1.807) is 37.8 Å². The van der Waals surface area contributed by atoms with E-state index >= 15 is 0 Å². The fraction of sp³-hybridized carbons (Fsp3) is 0.571. The van der Waals surface area contributed by atoms with Crippen molar-refractivity contribution < 1.29 is 19.1 Å². The van der Waals surface area contributed by atoms with Gasteiger partial charge in [-0.25, -0.2) is 9.69 Å². The third-order valence-corrected chi connectivity index (χ3v) is 4.87. The molecule has 152 valence electrons. The van der Waals surface area contributed by atoms with Gasteiger partial charge in [-0.2, -0.15) is 0 Å². The highest BCUT2D eigenvalue weighted by Gasteiger charge is 2.48. The Bertz CT molecular complexity index is 763. The molecule has 0 N–H and O–H groups in total. The quantitative estimate of drug-likeness (QED) is 0.554. The lowest BCUT2D eigenvalue weighted by Gasteiger charge is -2.24. The summed E-state index contributed by atoms with van der Waals surface area (Å²) in [5, 5.41) is 0. The first-order valence-corrected chi connectivity index (χ1v) is 9.70. The van der Waals surface area contributed by atoms with E-state index in [2.05, 4.69) is 0 Å². The van der Waals surface area contributed by atoms with Crippen LogP contribution >= 0.6 is 0 Å². The van der Waals surface area contributed by atoms with Crippen molar-refractivity contribution >= 4 is 29.3 Å². The van der Waals surface area contributed by atoms with Gasteiger partial charge in [0, 0.05) is 26.3 Å². The smallest absolute Gasteiger partial charge is 0.332 e. The number of rotatable bonds is 6. The third-order valence-electron chi connectivity index (χ3n) is 4.87. The molecule has 0 aromatic heterocycles. The van der Waals surface area contributed by atoms with E-state index in [0.29, 0.717) is 18.2 Å². The minimum absolute atomic E-state index is 0.124. The molecule has 1 saturated carbocycles. The molecular weight excluding hydrogens is 358 g/mol. The molecule has 1 aromatic rings. The van der Waals surface area contributed by atoms with E-state index in [4.69, 9.17) is 4.74 Å². The fourth-order valence-electron chi connectivity index (χ4n) is 3.30. The highest BCUT2D eigenvalue weighted by atomic mass is 16.6. The average molecular weight is 387 g/mol. The molecule has 0 spiro atoms. The highest BCUT2D eigenvalue weighted by Crippen LogP contribution is 2.35. The number of nitrogens with zero attached hydrogens (tertiary/aromatic N) is 3. The van der Waals surface area contributed by atoms with Crippen LogP contribution in [0.5, 0.6) is 0 Å². The van der Waals surface area contributed by atoms with Crippen LogP contribution in [0.4, 0.5) is 16.2 Å². The molecule has 1 aliphatic heterocycles. The van der Waals surface area contributed by atoms with Crippen LogP contribution in [0, 0.1) is 5.92 Å². The van der Waals surface area contributed by atoms with Crippen LogP contribution in [-0.2, 0) is 14.3 Å². The molecule has 7 heteroatoms. The third kappa shape index (κ3) is 4.46. The van der Waals surface area contributed by atoms with Gasteiger partial charge in [0.05, 0.1) is 12.1 Å². The van der Waals surface area contributed by atoms with Gasteiger partial charge < -0.3 is 14.5 Å². The predicted octanol–water partition coefficient (Wildman–Crippen LogP) is 3.03. The Balaban J connectivity index is 1.83. The second-order valence-corrected chi connectivity index (χ2v) is 8.77. The van der Waals surface area contributed by atoms with Crippen LogP contribution in [-0.4, -0.2) is 55.1 Å². The van der Waals surface area contributed by atoms with Crippen LogP contribution in [0.25, 0.3) is 0 Å². The number of carbonyl (C=O) groups excluding carboxylic acids is 3. The van der Waals surface area contributed by atoms with Crippen LogP contribution in [0.15, 0.2) is 24.3 Å². The van der Waals surface area contributed by atoms with E-state index in [1.807, 2.05) is 31.1 Å². The van der Waals surface area contributed by atoms with Crippen LogP contribution in [0.3, 0.4) is 0 Å². The molecule has 7 nitrogen and oxygen atoms in total. The maximum Gasteiger partial charge on any atom is 0.332 e. The molecule has 1 aromatic carbocycles. The molecule has 0 bridgehead atoms. The van der Waals surface area contributed by atoms with Crippen molar-refractivity contribution in [1.82, 2.24) is 4.90 Å². The van der Waals surface area contributed by atoms with Crippen LogP contribution in [0.2, 0.25) is 0 Å². The number of ether oxygens (including phenoxy) is 1. The Kier molecular flexibility index (Phi) is 5.37. The zero-order valence-corrected chi connectivity index (χ0v) is 17.3. The molecule has 0 unspecified atom stereocenters. The highest BCUT2D eigenvalue weighted by molar-refractivity contribution is 6.22. The predicted molar refractivity (Wildman–Crippen MR) is 107 cm³/mol. The van der Waals surface area contributed by atoms with Crippen LogP contribution in [0.1, 0.15) is 40.0 Å². The zero-order chi connectivity index (χ0) is 20.6. The monoisotopic (exact) mass is 387 g/mol. The van der Waals surface area contributed by atoms with Gasteiger partial charge in [0.15, 0.2) is 0 Å². The van der Waals surface area contributed by atoms with Gasteiger partial charge in [-0.1, -0.05) is 0 Å². The van der Waals surface area contributed by atoms with Crippen molar-refractivity contribution in [3.05, 3.63) is 24.3 Å². The lowest BCUT2D eigenvalue weighted by molar-refractivity contribution is -0.156. The largest absolute Gasteiger partial charge is 0.460 e. The number of esters is 1. The standard InChI is InChI=1S/C21H29N3O4/c1-21(2,3)28-18(25)12-17-19(26)24(20(27)23(17)13-14-6-7-14)16-10-8-15(9-11-16)22(4)5/h8-11,14,17H,6-7,12-13H2,1-5H3/t17-/m0/s1. The maximum atomic E-state index is 13.1. The average Bonchev–Trinajstić information content (AvgIpc) is 3.37. The van der Waals surface area contributed by atoms with Gasteiger partial charge in [0.25, 0.3) is 5.91 Å². The van der Waals surface area contributed by atoms with E-state index in [1.165, 1.54) is 4.90 Å². The Morgan fingerprint density at radius 3 is 2.25 bits per heavy atom. The van der Waals surface area contributed by atoms with E-state index in [-0.39, 0.29) is 18.4 Å². The Morgan fingerprint density at radius 2 is 1.75 bits per heavy atom. The normalized spacial score (nSPS) is 20.0. The number of imide groups is 1. The van der Waals surface area contributed by atoms with Gasteiger partial charge in [0.2, 0.25) is 0 Å². The van der Waals surface area contributed by atoms with Crippen molar-refractivity contribution in [2.75, 3.05) is 30.4 Å². The van der Waals surface area contributed by atoms with E-state index in [0.717, 1.165) is 18.5 Å². The summed E-state index contributed by atoms with van der Waals surface area (Å²) in [4.78, 5) is 43.2. The maximum absolute atomic E-state index is 13.1. The summed E-state index contributed by atoms with van der Waals surface area (Å²) in [7, 11) is 3.85. The number of hydrogen-bond acceptors (Lipinski definition) is 5. The number of urea groups is 1. The molecule has 3 rings (SSSR count). The van der Waals surface area contributed by atoms with Crippen molar-refractivity contribution in [1.29, 1.82) is 0 Å². The second-order valence-electron chi connectivity index (χ2n) is 8.77. The number of carbonyl (C=O) groups is 3. The molecule has 0 radical (unpaired) electrons. The number of benzene rings is 1. The van der Waals surface area contributed by atoms with Crippen molar-refractivity contribution in [2.24, 2.45) is 5.92 Å². The number of hydrogen-bond donors (Lipinski definition) is 0. The lowest BCUT2D eigenvalue weighted by Crippen LogP contribution is -2.39. The molecule has 3 amide bonds. The topological polar surface area (TPSA) is 70.2 Å². The number of anilines is 2. The Morgan fingerprint density at radius 1 is 1.14 bits per heavy atom. The molecule has 2 aliphatic rings. The molecule has 2 fully saturated rings. The summed E-state index contributed by atoms with van der Waals surface area (Å²) in [5.41, 5.74) is 0.863. The van der Waals surface area contributed by atoms with Gasteiger partial charge in [-0.3, -0.25) is 9.59 Å². The minimum Gasteiger partial charge on any atom is -0.460 e. The van der Waals surface area contributed by atoms with Gasteiger partial charge >= 0.3 is 12.0 Å². The SMILES string of the molecule is CN(C)c1ccc(N2C(=O)[C@H](CC(=O)OC(C)(C)C)N(CC3CC3)C2=O)cc1. The lowest BCUT2D eigenvalue weighted by atomic mass is 10.1. The van der Waals surface area contributed by atoms with E-state index in [9.17, 15) is 14.4 Å². The minimum atomic E-state index is -0.809. The second kappa shape index (κ2) is 7.45. The van der Waals surface area contributed by atoms with E-state index < -0.39 is 17.6 Å².